The van der Waals surface area contributed by atoms with Crippen molar-refractivity contribution >= 4 is 12.6 Å². The molecule has 0 aromatic heterocycles. The summed E-state index contributed by atoms with van der Waals surface area (Å²) in [6, 6.07) is 5.65. The smallest absolute Gasteiger partial charge is 0.298 e. The molecule has 1 heterocycles. The van der Waals surface area contributed by atoms with Gasteiger partial charge in [0.15, 0.2) is 0 Å². The van der Waals surface area contributed by atoms with Gasteiger partial charge in [0.05, 0.1) is 6.42 Å². The highest BCUT2D eigenvalue weighted by Gasteiger charge is 2.35. The molecule has 1 unspecified atom stereocenters. The number of thiol groups is 1. The first-order chi connectivity index (χ1) is 5.57. The average molecular weight is 184 g/mol. The van der Waals surface area contributed by atoms with E-state index in [0.29, 0.717) is 5.75 Å². The molecule has 0 saturated carbocycles. The second kappa shape index (κ2) is 2.39. The second-order valence-corrected chi connectivity index (χ2v) is 3.75. The molecule has 0 aliphatic carbocycles. The topological polar surface area (TPSA) is 9.23 Å². The van der Waals surface area contributed by atoms with Crippen molar-refractivity contribution in [3.63, 3.8) is 0 Å². The first-order valence-electron chi connectivity index (χ1n) is 3.77. The first kappa shape index (κ1) is 7.92. The Morgan fingerprint density at radius 1 is 1.58 bits per heavy atom. The highest BCUT2D eigenvalue weighted by Crippen LogP contribution is 2.38. The second-order valence-electron chi connectivity index (χ2n) is 3.08. The SMILES string of the molecule is Cc1ccc2c(c1)OC(F)(S)C2. The van der Waals surface area contributed by atoms with Crippen LogP contribution in [0, 0.1) is 6.92 Å². The van der Waals surface area contributed by atoms with Crippen molar-refractivity contribution in [1.29, 1.82) is 0 Å². The van der Waals surface area contributed by atoms with Crippen LogP contribution in [-0.4, -0.2) is 5.19 Å². The molecular weight excluding hydrogens is 175 g/mol. The van der Waals surface area contributed by atoms with Crippen molar-refractivity contribution in [3.05, 3.63) is 29.3 Å². The summed E-state index contributed by atoms with van der Waals surface area (Å²) in [4.78, 5) is 0. The number of aryl methyl sites for hydroxylation is 1. The largest absolute Gasteiger partial charge is 0.448 e. The van der Waals surface area contributed by atoms with E-state index in [1.54, 1.807) is 0 Å². The number of alkyl halides is 1. The minimum atomic E-state index is -1.81. The molecule has 64 valence electrons. The monoisotopic (exact) mass is 184 g/mol. The van der Waals surface area contributed by atoms with E-state index >= 15 is 0 Å². The van der Waals surface area contributed by atoms with Gasteiger partial charge in [-0.25, -0.2) is 0 Å². The molecule has 2 rings (SSSR count). The number of rotatable bonds is 0. The predicted molar refractivity (Wildman–Crippen MR) is 48.3 cm³/mol. The highest BCUT2D eigenvalue weighted by molar-refractivity contribution is 7.81. The lowest BCUT2D eigenvalue weighted by Crippen LogP contribution is -2.19. The van der Waals surface area contributed by atoms with Crippen molar-refractivity contribution in [2.75, 3.05) is 0 Å². The fourth-order valence-electron chi connectivity index (χ4n) is 1.34. The number of halogens is 1. The summed E-state index contributed by atoms with van der Waals surface area (Å²) in [6.45, 7) is 1.94. The Morgan fingerprint density at radius 3 is 3.08 bits per heavy atom. The Hall–Kier alpha value is -0.700. The zero-order valence-corrected chi connectivity index (χ0v) is 7.57. The van der Waals surface area contributed by atoms with Crippen molar-refractivity contribution in [2.45, 2.75) is 18.5 Å². The maximum absolute atomic E-state index is 13.2. The van der Waals surface area contributed by atoms with Crippen LogP contribution in [0.15, 0.2) is 18.2 Å². The van der Waals surface area contributed by atoms with Crippen LogP contribution in [0.5, 0.6) is 5.75 Å². The lowest BCUT2D eigenvalue weighted by atomic mass is 10.1. The van der Waals surface area contributed by atoms with Crippen LogP contribution < -0.4 is 4.74 Å². The number of ether oxygens (including phenoxy) is 1. The van der Waals surface area contributed by atoms with Gasteiger partial charge in [-0.1, -0.05) is 24.8 Å². The molecule has 0 amide bonds. The molecule has 0 bridgehead atoms. The fourth-order valence-corrected chi connectivity index (χ4v) is 1.61. The summed E-state index contributed by atoms with van der Waals surface area (Å²) in [5.41, 5.74) is 1.96. The zero-order chi connectivity index (χ0) is 8.77. The molecular formula is C9H9FOS. The average Bonchev–Trinajstić information content (AvgIpc) is 2.21. The quantitative estimate of drug-likeness (QED) is 0.609. The fraction of sp³-hybridized carbons (Fsp3) is 0.333. The van der Waals surface area contributed by atoms with E-state index in [9.17, 15) is 4.39 Å². The Balaban J connectivity index is 2.43. The summed E-state index contributed by atoms with van der Waals surface area (Å²) in [5.74, 6) is 0.618. The van der Waals surface area contributed by atoms with Crippen LogP contribution in [0.25, 0.3) is 0 Å². The molecule has 0 radical (unpaired) electrons. The lowest BCUT2D eigenvalue weighted by molar-refractivity contribution is 0.0549. The first-order valence-corrected chi connectivity index (χ1v) is 4.21. The Kier molecular flexibility index (Phi) is 1.58. The predicted octanol–water partition coefficient (Wildman–Crippen LogP) is 2.48. The van der Waals surface area contributed by atoms with Gasteiger partial charge in [-0.15, -0.1) is 0 Å². The third-order valence-electron chi connectivity index (χ3n) is 1.90. The Labute approximate surface area is 76.0 Å². The maximum Gasteiger partial charge on any atom is 0.298 e. The summed E-state index contributed by atoms with van der Waals surface area (Å²) in [7, 11) is 0. The normalized spacial score (nSPS) is 26.6. The van der Waals surface area contributed by atoms with Crippen molar-refractivity contribution in [3.8, 4) is 5.75 Å². The summed E-state index contributed by atoms with van der Waals surface area (Å²) < 4.78 is 18.1. The third kappa shape index (κ3) is 1.29. The summed E-state index contributed by atoms with van der Waals surface area (Å²) in [6.07, 6.45) is 0.228. The van der Waals surface area contributed by atoms with Crippen molar-refractivity contribution in [1.82, 2.24) is 0 Å². The maximum atomic E-state index is 13.2. The van der Waals surface area contributed by atoms with Gasteiger partial charge >= 0.3 is 0 Å². The molecule has 3 heteroatoms. The molecule has 1 aromatic rings. The van der Waals surface area contributed by atoms with Gasteiger partial charge in [-0.05, 0) is 18.6 Å². The molecule has 1 atom stereocenters. The molecule has 0 spiro atoms. The van der Waals surface area contributed by atoms with E-state index < -0.39 is 5.19 Å². The molecule has 0 fully saturated rings. The van der Waals surface area contributed by atoms with E-state index in [0.717, 1.165) is 11.1 Å². The molecule has 1 aromatic carbocycles. The molecule has 12 heavy (non-hydrogen) atoms. The summed E-state index contributed by atoms with van der Waals surface area (Å²) in [5, 5.41) is -1.81. The van der Waals surface area contributed by atoms with Gasteiger partial charge in [0.25, 0.3) is 5.19 Å². The van der Waals surface area contributed by atoms with Crippen LogP contribution in [0.3, 0.4) is 0 Å². The Bertz CT molecular complexity index is 322. The van der Waals surface area contributed by atoms with E-state index in [1.807, 2.05) is 25.1 Å². The zero-order valence-electron chi connectivity index (χ0n) is 6.67. The van der Waals surface area contributed by atoms with Crippen LogP contribution in [-0.2, 0) is 6.42 Å². The number of fused-ring (bicyclic) bond motifs is 1. The molecule has 1 aliphatic rings. The number of hydrogen-bond acceptors (Lipinski definition) is 2. The van der Waals surface area contributed by atoms with Crippen molar-refractivity contribution < 1.29 is 9.13 Å². The minimum absolute atomic E-state index is 0.228. The third-order valence-corrected chi connectivity index (χ3v) is 2.15. The van der Waals surface area contributed by atoms with E-state index in [-0.39, 0.29) is 6.42 Å². The lowest BCUT2D eigenvalue weighted by Gasteiger charge is -2.10. The minimum Gasteiger partial charge on any atom is -0.448 e. The molecule has 1 nitrogen and oxygen atoms in total. The van der Waals surface area contributed by atoms with Crippen LogP contribution in [0.1, 0.15) is 11.1 Å². The van der Waals surface area contributed by atoms with Gasteiger partial charge < -0.3 is 4.74 Å². The van der Waals surface area contributed by atoms with Crippen LogP contribution >= 0.6 is 12.6 Å². The number of hydrogen-bond donors (Lipinski definition) is 1. The van der Waals surface area contributed by atoms with Gasteiger partial charge in [0, 0.05) is 5.56 Å². The van der Waals surface area contributed by atoms with Gasteiger partial charge in [0.2, 0.25) is 0 Å². The van der Waals surface area contributed by atoms with E-state index in [1.165, 1.54) is 0 Å². The standard InChI is InChI=1S/C9H9FOS/c1-6-2-3-7-5-9(10,12)11-8(7)4-6/h2-4,12H,5H2,1H3. The number of benzene rings is 1. The highest BCUT2D eigenvalue weighted by atomic mass is 32.1. The van der Waals surface area contributed by atoms with Crippen LogP contribution in [0.4, 0.5) is 4.39 Å². The molecule has 0 N–H and O–H groups in total. The van der Waals surface area contributed by atoms with Crippen LogP contribution in [0.2, 0.25) is 0 Å². The molecule has 0 saturated heterocycles. The van der Waals surface area contributed by atoms with Crippen molar-refractivity contribution in [2.24, 2.45) is 0 Å². The molecule has 1 aliphatic heterocycles. The van der Waals surface area contributed by atoms with Gasteiger partial charge in [-0.3, -0.25) is 0 Å². The van der Waals surface area contributed by atoms with E-state index in [4.69, 9.17) is 4.74 Å². The Morgan fingerprint density at radius 2 is 2.33 bits per heavy atom. The van der Waals surface area contributed by atoms with Gasteiger partial charge in [0.1, 0.15) is 5.75 Å². The van der Waals surface area contributed by atoms with E-state index in [2.05, 4.69) is 12.6 Å². The summed E-state index contributed by atoms with van der Waals surface area (Å²) >= 11 is 3.74. The van der Waals surface area contributed by atoms with Gasteiger partial charge in [-0.2, -0.15) is 4.39 Å².